The largest absolute Gasteiger partial charge is 0.497 e. The number of methoxy groups -OCH3 is 1. The van der Waals surface area contributed by atoms with Gasteiger partial charge in [-0.25, -0.2) is 0 Å². The minimum absolute atomic E-state index is 0.132. The van der Waals surface area contributed by atoms with Gasteiger partial charge >= 0.3 is 0 Å². The van der Waals surface area contributed by atoms with Crippen molar-refractivity contribution in [2.75, 3.05) is 13.7 Å². The Balaban J connectivity index is 2.06. The summed E-state index contributed by atoms with van der Waals surface area (Å²) in [5.74, 6) is 7.16. The molecule has 0 fully saturated rings. The SMILES string of the molecule is COc1cccc(COc2ccc(C#CCO)cc2C)c1. The number of aryl methyl sites for hydroxylation is 1. The summed E-state index contributed by atoms with van der Waals surface area (Å²) in [6.07, 6.45) is 0. The first-order valence-electron chi connectivity index (χ1n) is 6.69. The van der Waals surface area contributed by atoms with E-state index in [-0.39, 0.29) is 6.61 Å². The van der Waals surface area contributed by atoms with Crippen LogP contribution in [0.1, 0.15) is 16.7 Å². The minimum Gasteiger partial charge on any atom is -0.497 e. The van der Waals surface area contributed by atoms with E-state index < -0.39 is 0 Å². The summed E-state index contributed by atoms with van der Waals surface area (Å²) < 4.78 is 11.0. The van der Waals surface area contributed by atoms with Gasteiger partial charge in [0.2, 0.25) is 0 Å². The van der Waals surface area contributed by atoms with E-state index in [2.05, 4.69) is 11.8 Å². The molecule has 0 atom stereocenters. The van der Waals surface area contributed by atoms with Gasteiger partial charge in [-0.3, -0.25) is 0 Å². The Labute approximate surface area is 125 Å². The van der Waals surface area contributed by atoms with E-state index in [1.165, 1.54) is 0 Å². The molecule has 2 aromatic carbocycles. The third kappa shape index (κ3) is 4.27. The van der Waals surface area contributed by atoms with Crippen LogP contribution in [-0.2, 0) is 6.61 Å². The summed E-state index contributed by atoms with van der Waals surface area (Å²) in [5, 5.41) is 8.70. The summed E-state index contributed by atoms with van der Waals surface area (Å²) in [4.78, 5) is 0. The van der Waals surface area contributed by atoms with Crippen molar-refractivity contribution in [3.05, 3.63) is 59.2 Å². The van der Waals surface area contributed by atoms with Crippen LogP contribution in [0.4, 0.5) is 0 Å². The lowest BCUT2D eigenvalue weighted by molar-refractivity contribution is 0.303. The molecule has 0 bridgehead atoms. The Morgan fingerprint density at radius 1 is 1.14 bits per heavy atom. The number of hydrogen-bond acceptors (Lipinski definition) is 3. The van der Waals surface area contributed by atoms with Gasteiger partial charge in [0, 0.05) is 5.56 Å². The van der Waals surface area contributed by atoms with E-state index >= 15 is 0 Å². The van der Waals surface area contributed by atoms with Crippen molar-refractivity contribution >= 4 is 0 Å². The van der Waals surface area contributed by atoms with Crippen LogP contribution in [0.25, 0.3) is 0 Å². The van der Waals surface area contributed by atoms with Gasteiger partial charge in [0.05, 0.1) is 7.11 Å². The summed E-state index contributed by atoms with van der Waals surface area (Å²) in [6, 6.07) is 13.5. The molecule has 0 aromatic heterocycles. The first-order valence-corrected chi connectivity index (χ1v) is 6.69. The van der Waals surface area contributed by atoms with E-state index in [0.717, 1.165) is 28.2 Å². The second-order valence-corrected chi connectivity index (χ2v) is 4.58. The Hall–Kier alpha value is -2.44. The molecule has 0 unspecified atom stereocenters. The second kappa shape index (κ2) is 7.37. The van der Waals surface area contributed by atoms with Gasteiger partial charge in [-0.15, -0.1) is 0 Å². The van der Waals surface area contributed by atoms with Crippen LogP contribution < -0.4 is 9.47 Å². The zero-order valence-corrected chi connectivity index (χ0v) is 12.2. The minimum atomic E-state index is -0.132. The standard InChI is InChI=1S/C18H18O3/c1-14-11-15(6-4-10-19)8-9-18(14)21-13-16-5-3-7-17(12-16)20-2/h3,5,7-9,11-12,19H,10,13H2,1-2H3. The van der Waals surface area contributed by atoms with Crippen LogP contribution >= 0.6 is 0 Å². The van der Waals surface area contributed by atoms with Crippen LogP contribution in [0, 0.1) is 18.8 Å². The molecular formula is C18H18O3. The second-order valence-electron chi connectivity index (χ2n) is 4.58. The van der Waals surface area contributed by atoms with Crippen LogP contribution in [0.15, 0.2) is 42.5 Å². The van der Waals surface area contributed by atoms with E-state index in [9.17, 15) is 0 Å². The molecule has 3 heteroatoms. The van der Waals surface area contributed by atoms with E-state index in [4.69, 9.17) is 14.6 Å². The molecule has 2 aromatic rings. The molecule has 0 aliphatic rings. The molecule has 0 saturated heterocycles. The van der Waals surface area contributed by atoms with Gasteiger partial charge in [0.1, 0.15) is 24.7 Å². The summed E-state index contributed by atoms with van der Waals surface area (Å²) in [7, 11) is 1.65. The fourth-order valence-electron chi connectivity index (χ4n) is 1.95. The average molecular weight is 282 g/mol. The maximum atomic E-state index is 8.70. The molecule has 3 nitrogen and oxygen atoms in total. The third-order valence-corrected chi connectivity index (χ3v) is 3.02. The van der Waals surface area contributed by atoms with E-state index in [1.54, 1.807) is 7.11 Å². The molecule has 1 N–H and O–H groups in total. The van der Waals surface area contributed by atoms with Crippen molar-refractivity contribution in [2.45, 2.75) is 13.5 Å². The van der Waals surface area contributed by atoms with Gasteiger partial charge in [0.25, 0.3) is 0 Å². The average Bonchev–Trinajstić information content (AvgIpc) is 2.52. The topological polar surface area (TPSA) is 38.7 Å². The van der Waals surface area contributed by atoms with Crippen molar-refractivity contribution < 1.29 is 14.6 Å². The Kier molecular flexibility index (Phi) is 5.25. The quantitative estimate of drug-likeness (QED) is 0.876. The highest BCUT2D eigenvalue weighted by atomic mass is 16.5. The lowest BCUT2D eigenvalue weighted by Crippen LogP contribution is -1.97. The molecule has 21 heavy (non-hydrogen) atoms. The lowest BCUT2D eigenvalue weighted by atomic mass is 10.1. The van der Waals surface area contributed by atoms with Gasteiger partial charge in [-0.2, -0.15) is 0 Å². The summed E-state index contributed by atoms with van der Waals surface area (Å²) >= 11 is 0. The molecule has 0 amide bonds. The summed E-state index contributed by atoms with van der Waals surface area (Å²) in [5.41, 5.74) is 2.94. The highest BCUT2D eigenvalue weighted by Crippen LogP contribution is 2.21. The molecule has 0 aliphatic carbocycles. The van der Waals surface area contributed by atoms with Gasteiger partial charge in [-0.1, -0.05) is 24.0 Å². The number of rotatable bonds is 4. The first-order chi connectivity index (χ1) is 10.2. The van der Waals surface area contributed by atoms with Crippen molar-refractivity contribution in [2.24, 2.45) is 0 Å². The van der Waals surface area contributed by atoms with Gasteiger partial charge in [0.15, 0.2) is 0 Å². The van der Waals surface area contributed by atoms with Crippen molar-refractivity contribution in [1.29, 1.82) is 0 Å². The fourth-order valence-corrected chi connectivity index (χ4v) is 1.95. The van der Waals surface area contributed by atoms with E-state index in [0.29, 0.717) is 6.61 Å². The summed E-state index contributed by atoms with van der Waals surface area (Å²) in [6.45, 7) is 2.33. The maximum absolute atomic E-state index is 8.70. The molecule has 0 heterocycles. The molecule has 0 aliphatic heterocycles. The molecule has 108 valence electrons. The first kappa shape index (κ1) is 15.0. The number of ether oxygens (including phenoxy) is 2. The number of aliphatic hydroxyl groups excluding tert-OH is 1. The van der Waals surface area contributed by atoms with Crippen molar-refractivity contribution in [3.63, 3.8) is 0 Å². The zero-order valence-electron chi connectivity index (χ0n) is 12.2. The van der Waals surface area contributed by atoms with Crippen LogP contribution in [-0.4, -0.2) is 18.8 Å². The molecule has 0 spiro atoms. The lowest BCUT2D eigenvalue weighted by Gasteiger charge is -2.10. The Bertz CT molecular complexity index is 666. The molecular weight excluding hydrogens is 264 g/mol. The van der Waals surface area contributed by atoms with Crippen LogP contribution in [0.2, 0.25) is 0 Å². The Morgan fingerprint density at radius 3 is 2.71 bits per heavy atom. The zero-order chi connectivity index (χ0) is 15.1. The number of hydrogen-bond donors (Lipinski definition) is 1. The highest BCUT2D eigenvalue weighted by Gasteiger charge is 2.02. The smallest absolute Gasteiger partial charge is 0.122 e. The number of aliphatic hydroxyl groups is 1. The Morgan fingerprint density at radius 2 is 2.00 bits per heavy atom. The highest BCUT2D eigenvalue weighted by molar-refractivity contribution is 5.43. The third-order valence-electron chi connectivity index (χ3n) is 3.02. The van der Waals surface area contributed by atoms with Crippen molar-refractivity contribution in [1.82, 2.24) is 0 Å². The predicted octanol–water partition coefficient (Wildman–Crippen LogP) is 2.93. The van der Waals surface area contributed by atoms with Gasteiger partial charge in [-0.05, 0) is 48.4 Å². The maximum Gasteiger partial charge on any atom is 0.122 e. The van der Waals surface area contributed by atoms with Crippen LogP contribution in [0.5, 0.6) is 11.5 Å². The number of benzene rings is 2. The van der Waals surface area contributed by atoms with E-state index in [1.807, 2.05) is 49.4 Å². The molecule has 2 rings (SSSR count). The van der Waals surface area contributed by atoms with Gasteiger partial charge < -0.3 is 14.6 Å². The van der Waals surface area contributed by atoms with Crippen molar-refractivity contribution in [3.8, 4) is 23.3 Å². The predicted molar refractivity (Wildman–Crippen MR) is 82.5 cm³/mol. The van der Waals surface area contributed by atoms with Crippen LogP contribution in [0.3, 0.4) is 0 Å². The fraction of sp³-hybridized carbons (Fsp3) is 0.222. The normalized spacial score (nSPS) is 9.67. The molecule has 0 radical (unpaired) electrons. The molecule has 0 saturated carbocycles. The monoisotopic (exact) mass is 282 g/mol.